The molecule has 17 heavy (non-hydrogen) atoms. The van der Waals surface area contributed by atoms with Crippen LogP contribution in [-0.2, 0) is 16.1 Å². The average Bonchev–Trinajstić information content (AvgIpc) is 2.25. The lowest BCUT2D eigenvalue weighted by atomic mass is 10.2. The van der Waals surface area contributed by atoms with Gasteiger partial charge >= 0.3 is 0 Å². The third-order valence-electron chi connectivity index (χ3n) is 1.97. The van der Waals surface area contributed by atoms with Gasteiger partial charge in [0.15, 0.2) is 0 Å². The molecule has 3 nitrogen and oxygen atoms in total. The number of pyridine rings is 1. The first kappa shape index (κ1) is 14.7. The largest absolute Gasteiger partial charge is 0.379 e. The summed E-state index contributed by atoms with van der Waals surface area (Å²) in [5.74, 6) is 0.546. The highest BCUT2D eigenvalue weighted by Crippen LogP contribution is 2.17. The lowest BCUT2D eigenvalue weighted by Crippen LogP contribution is -2.08. The molecular weight excluding hydrogens is 261 g/mol. The molecule has 0 atom stereocenters. The number of hydrogen-bond acceptors (Lipinski definition) is 3. The summed E-state index contributed by atoms with van der Waals surface area (Å²) in [5.41, 5.74) is 0.833. The maximum Gasteiger partial charge on any atom is 0.136 e. The highest BCUT2D eigenvalue weighted by Gasteiger charge is 2.02. The van der Waals surface area contributed by atoms with Crippen molar-refractivity contribution in [2.75, 3.05) is 19.8 Å². The Hall–Kier alpha value is -0.350. The second-order valence-corrected chi connectivity index (χ2v) is 4.85. The summed E-state index contributed by atoms with van der Waals surface area (Å²) in [7, 11) is 0. The van der Waals surface area contributed by atoms with Crippen LogP contribution in [0.1, 0.15) is 19.4 Å². The minimum atomic E-state index is 0.388. The van der Waals surface area contributed by atoms with E-state index in [4.69, 9.17) is 32.7 Å². The summed E-state index contributed by atoms with van der Waals surface area (Å²) >= 11 is 11.6. The Labute approximate surface area is 112 Å². The van der Waals surface area contributed by atoms with E-state index >= 15 is 0 Å². The third kappa shape index (κ3) is 6.22. The lowest BCUT2D eigenvalue weighted by Gasteiger charge is -2.08. The zero-order valence-electron chi connectivity index (χ0n) is 10.1. The van der Waals surface area contributed by atoms with Crippen molar-refractivity contribution < 1.29 is 9.47 Å². The maximum absolute atomic E-state index is 5.90. The molecule has 0 unspecified atom stereocenters. The summed E-state index contributed by atoms with van der Waals surface area (Å²) in [5, 5.41) is 0.777. The van der Waals surface area contributed by atoms with Gasteiger partial charge in [-0.3, -0.25) is 0 Å². The van der Waals surface area contributed by atoms with Crippen molar-refractivity contribution in [2.45, 2.75) is 20.5 Å². The van der Waals surface area contributed by atoms with Gasteiger partial charge in [-0.25, -0.2) is 4.98 Å². The highest BCUT2D eigenvalue weighted by molar-refractivity contribution is 6.32. The van der Waals surface area contributed by atoms with Crippen LogP contribution < -0.4 is 0 Å². The molecule has 0 saturated carbocycles. The maximum atomic E-state index is 5.90. The van der Waals surface area contributed by atoms with Crippen LogP contribution in [0.3, 0.4) is 0 Å². The first-order valence-electron chi connectivity index (χ1n) is 5.56. The Morgan fingerprint density at radius 3 is 2.53 bits per heavy atom. The smallest absolute Gasteiger partial charge is 0.136 e. The molecule has 0 spiro atoms. The second kappa shape index (κ2) is 7.88. The number of halogens is 2. The van der Waals surface area contributed by atoms with Crippen LogP contribution in [0, 0.1) is 5.92 Å². The van der Waals surface area contributed by atoms with E-state index in [-0.39, 0.29) is 0 Å². The normalized spacial score (nSPS) is 11.1. The van der Waals surface area contributed by atoms with Gasteiger partial charge in [0.25, 0.3) is 0 Å². The third-order valence-corrected chi connectivity index (χ3v) is 2.51. The standard InChI is InChI=1S/C12H17Cl2NO2/c1-9(2)7-16-5-6-17-8-10-3-4-11(13)15-12(10)14/h3-4,9H,5-8H2,1-2H3. The van der Waals surface area contributed by atoms with Crippen LogP contribution >= 0.6 is 23.2 Å². The molecule has 0 radical (unpaired) electrons. The zero-order valence-corrected chi connectivity index (χ0v) is 11.6. The molecule has 0 aliphatic heterocycles. The van der Waals surface area contributed by atoms with Crippen molar-refractivity contribution in [1.82, 2.24) is 4.98 Å². The number of rotatable bonds is 7. The van der Waals surface area contributed by atoms with Gasteiger partial charge in [0.05, 0.1) is 19.8 Å². The average molecular weight is 278 g/mol. The molecule has 1 rings (SSSR count). The van der Waals surface area contributed by atoms with Crippen LogP contribution in [0.5, 0.6) is 0 Å². The second-order valence-electron chi connectivity index (χ2n) is 4.11. The SMILES string of the molecule is CC(C)COCCOCc1ccc(Cl)nc1Cl. The first-order valence-corrected chi connectivity index (χ1v) is 6.31. The van der Waals surface area contributed by atoms with Crippen molar-refractivity contribution in [1.29, 1.82) is 0 Å². The monoisotopic (exact) mass is 277 g/mol. The Balaban J connectivity index is 2.18. The van der Waals surface area contributed by atoms with Gasteiger partial charge in [-0.1, -0.05) is 43.1 Å². The predicted octanol–water partition coefficient (Wildman–Crippen LogP) is 3.58. The van der Waals surface area contributed by atoms with Crippen molar-refractivity contribution in [3.05, 3.63) is 28.0 Å². The van der Waals surface area contributed by atoms with Crippen molar-refractivity contribution >= 4 is 23.2 Å². The number of nitrogens with zero attached hydrogens (tertiary/aromatic N) is 1. The van der Waals surface area contributed by atoms with E-state index in [0.717, 1.165) is 12.2 Å². The molecule has 0 N–H and O–H groups in total. The molecular formula is C12H17Cl2NO2. The molecule has 0 bridgehead atoms. The summed E-state index contributed by atoms with van der Waals surface area (Å²) < 4.78 is 10.8. The molecule has 1 aromatic heterocycles. The lowest BCUT2D eigenvalue weighted by molar-refractivity contribution is 0.0314. The number of aromatic nitrogens is 1. The quantitative estimate of drug-likeness (QED) is 0.564. The van der Waals surface area contributed by atoms with Crippen LogP contribution in [0.4, 0.5) is 0 Å². The van der Waals surface area contributed by atoms with E-state index in [1.54, 1.807) is 6.07 Å². The Morgan fingerprint density at radius 1 is 1.18 bits per heavy atom. The van der Waals surface area contributed by atoms with E-state index in [1.807, 2.05) is 6.07 Å². The fourth-order valence-electron chi connectivity index (χ4n) is 1.17. The van der Waals surface area contributed by atoms with Crippen molar-refractivity contribution in [3.63, 3.8) is 0 Å². The van der Waals surface area contributed by atoms with Gasteiger partial charge < -0.3 is 9.47 Å². The molecule has 0 fully saturated rings. The molecule has 0 saturated heterocycles. The summed E-state index contributed by atoms with van der Waals surface area (Å²) in [6.45, 7) is 6.54. The van der Waals surface area contributed by atoms with E-state index in [0.29, 0.717) is 36.0 Å². The number of hydrogen-bond donors (Lipinski definition) is 0. The number of ether oxygens (including phenoxy) is 2. The van der Waals surface area contributed by atoms with E-state index < -0.39 is 0 Å². The molecule has 0 aliphatic rings. The molecule has 5 heteroatoms. The molecule has 96 valence electrons. The van der Waals surface area contributed by atoms with Crippen LogP contribution in [0.15, 0.2) is 12.1 Å². The Morgan fingerprint density at radius 2 is 1.88 bits per heavy atom. The Bertz CT molecular complexity index is 345. The molecule has 0 aliphatic carbocycles. The predicted molar refractivity (Wildman–Crippen MR) is 69.6 cm³/mol. The fourth-order valence-corrected chi connectivity index (χ4v) is 1.57. The Kier molecular flexibility index (Phi) is 6.82. The van der Waals surface area contributed by atoms with Gasteiger partial charge in [0.2, 0.25) is 0 Å². The van der Waals surface area contributed by atoms with E-state index in [9.17, 15) is 0 Å². The van der Waals surface area contributed by atoms with Crippen molar-refractivity contribution in [3.8, 4) is 0 Å². The topological polar surface area (TPSA) is 31.4 Å². The minimum Gasteiger partial charge on any atom is -0.379 e. The summed E-state index contributed by atoms with van der Waals surface area (Å²) in [6, 6.07) is 3.51. The molecule has 0 aromatic carbocycles. The zero-order chi connectivity index (χ0) is 12.7. The van der Waals surface area contributed by atoms with Gasteiger partial charge in [-0.2, -0.15) is 0 Å². The van der Waals surface area contributed by atoms with Gasteiger partial charge in [0, 0.05) is 12.2 Å². The molecule has 1 aromatic rings. The van der Waals surface area contributed by atoms with Crippen molar-refractivity contribution in [2.24, 2.45) is 5.92 Å². The molecule has 0 amide bonds. The highest BCUT2D eigenvalue weighted by atomic mass is 35.5. The minimum absolute atomic E-state index is 0.388. The van der Waals surface area contributed by atoms with E-state index in [2.05, 4.69) is 18.8 Å². The first-order chi connectivity index (χ1) is 8.09. The van der Waals surface area contributed by atoms with Crippen LogP contribution in [0.25, 0.3) is 0 Å². The van der Waals surface area contributed by atoms with Gasteiger partial charge in [-0.15, -0.1) is 0 Å². The fraction of sp³-hybridized carbons (Fsp3) is 0.583. The summed E-state index contributed by atoms with van der Waals surface area (Å²) in [6.07, 6.45) is 0. The van der Waals surface area contributed by atoms with Crippen LogP contribution in [-0.4, -0.2) is 24.8 Å². The summed E-state index contributed by atoms with van der Waals surface area (Å²) in [4.78, 5) is 3.93. The van der Waals surface area contributed by atoms with E-state index in [1.165, 1.54) is 0 Å². The van der Waals surface area contributed by atoms with Crippen LogP contribution in [0.2, 0.25) is 10.3 Å². The van der Waals surface area contributed by atoms with Gasteiger partial charge in [0.1, 0.15) is 10.3 Å². The van der Waals surface area contributed by atoms with Gasteiger partial charge in [-0.05, 0) is 12.0 Å². The molecule has 1 heterocycles.